The molecule has 0 spiro atoms. The minimum Gasteiger partial charge on any atom is -0.264 e. The van der Waals surface area contributed by atoms with E-state index in [1.807, 2.05) is 53.1 Å². The molecule has 0 N–H and O–H groups in total. The molecule has 0 unspecified atom stereocenters. The van der Waals surface area contributed by atoms with Gasteiger partial charge in [0.05, 0.1) is 11.4 Å². The van der Waals surface area contributed by atoms with Crippen LogP contribution in [0.15, 0.2) is 188 Å². The summed E-state index contributed by atoms with van der Waals surface area (Å²) >= 11 is 3.70. The van der Waals surface area contributed by atoms with Crippen molar-refractivity contribution in [3.63, 3.8) is 0 Å². The largest absolute Gasteiger partial charge is 0.264 e. The second-order valence-corrected chi connectivity index (χ2v) is 16.2. The van der Waals surface area contributed by atoms with Crippen molar-refractivity contribution in [2.75, 3.05) is 0 Å². The number of fused-ring (bicyclic) bond motifs is 6. The fraction of sp³-hybridized carbons (Fsp3) is 0. The van der Waals surface area contributed by atoms with Crippen molar-refractivity contribution >= 4 is 63.0 Å². The quantitative estimate of drug-likeness (QED) is 0.170. The summed E-state index contributed by atoms with van der Waals surface area (Å²) in [7, 11) is 0. The Morgan fingerprint density at radius 2 is 0.804 bits per heavy atom. The van der Waals surface area contributed by atoms with Gasteiger partial charge in [0, 0.05) is 69.4 Å². The van der Waals surface area contributed by atoms with E-state index in [0.717, 1.165) is 50.3 Å². The van der Waals surface area contributed by atoms with Crippen molar-refractivity contribution in [3.8, 4) is 67.3 Å². The maximum Gasteiger partial charge on any atom is 0.160 e. The normalized spacial score (nSPS) is 11.6. The molecule has 0 atom stereocenters. The first-order valence-corrected chi connectivity index (χ1v) is 20.3. The molecule has 0 fully saturated rings. The molecule has 4 aromatic heterocycles. The Balaban J connectivity index is 1.10. The van der Waals surface area contributed by atoms with Gasteiger partial charge in [-0.05, 0) is 88.0 Å². The van der Waals surface area contributed by atoms with E-state index in [2.05, 4.69) is 157 Å². The van der Waals surface area contributed by atoms with Crippen molar-refractivity contribution in [2.24, 2.45) is 0 Å². The molecule has 0 aliphatic rings. The standard InChI is InChI=1S/C51H31N3S2/c1-2-9-34(10-3-1)51-53-45(33-18-16-32(17-19-33)37-11-8-24-52-31-37)30-46(54-51)40-26-38(35-20-22-43-41-12-4-6-14-47(41)55-49(43)28-35)25-39(27-40)36-21-23-44-42-13-5-7-15-48(42)56-50(44)29-36/h1-31H. The van der Waals surface area contributed by atoms with Crippen molar-refractivity contribution in [3.05, 3.63) is 188 Å². The minimum atomic E-state index is 0.694. The number of aromatic nitrogens is 3. The molecule has 0 saturated heterocycles. The highest BCUT2D eigenvalue weighted by Crippen LogP contribution is 2.41. The third-order valence-electron chi connectivity index (χ3n) is 10.6. The maximum atomic E-state index is 5.28. The molecule has 0 bridgehead atoms. The SMILES string of the molecule is c1ccc(-c2nc(-c3ccc(-c4cccnc4)cc3)cc(-c3cc(-c4ccc5c(c4)sc4ccccc45)cc(-c4ccc5c(c4)sc4ccccc45)c3)n2)cc1. The molecule has 56 heavy (non-hydrogen) atoms. The summed E-state index contributed by atoms with van der Waals surface area (Å²) in [5.74, 6) is 0.694. The van der Waals surface area contributed by atoms with Crippen LogP contribution in [0.1, 0.15) is 0 Å². The zero-order valence-corrected chi connectivity index (χ0v) is 31.7. The van der Waals surface area contributed by atoms with Gasteiger partial charge in [-0.2, -0.15) is 0 Å². The maximum absolute atomic E-state index is 5.28. The lowest BCUT2D eigenvalue weighted by atomic mass is 9.93. The molecular formula is C51H31N3S2. The second-order valence-electron chi connectivity index (χ2n) is 14.1. The van der Waals surface area contributed by atoms with Crippen LogP contribution in [0.3, 0.4) is 0 Å². The summed E-state index contributed by atoms with van der Waals surface area (Å²) in [6.45, 7) is 0. The summed E-state index contributed by atoms with van der Waals surface area (Å²) < 4.78 is 5.18. The van der Waals surface area contributed by atoms with Crippen LogP contribution < -0.4 is 0 Å². The molecule has 0 aliphatic carbocycles. The van der Waals surface area contributed by atoms with E-state index in [1.165, 1.54) is 51.5 Å². The number of rotatable bonds is 6. The monoisotopic (exact) mass is 749 g/mol. The van der Waals surface area contributed by atoms with Crippen LogP contribution in [0.25, 0.3) is 108 Å². The summed E-state index contributed by atoms with van der Waals surface area (Å²) in [6.07, 6.45) is 3.70. The number of hydrogen-bond donors (Lipinski definition) is 0. The van der Waals surface area contributed by atoms with Crippen LogP contribution in [0.4, 0.5) is 0 Å². The third kappa shape index (κ3) is 5.86. The average Bonchev–Trinajstić information content (AvgIpc) is 3.84. The Kier molecular flexibility index (Phi) is 7.87. The van der Waals surface area contributed by atoms with Gasteiger partial charge in [0.2, 0.25) is 0 Å². The molecule has 11 aromatic rings. The Bertz CT molecular complexity index is 3110. The molecule has 4 heterocycles. The average molecular weight is 750 g/mol. The van der Waals surface area contributed by atoms with Gasteiger partial charge < -0.3 is 0 Å². The van der Waals surface area contributed by atoms with Crippen LogP contribution in [0.5, 0.6) is 0 Å². The van der Waals surface area contributed by atoms with Gasteiger partial charge in [-0.1, -0.05) is 121 Å². The predicted molar refractivity (Wildman–Crippen MR) is 238 cm³/mol. The fourth-order valence-corrected chi connectivity index (χ4v) is 10.0. The third-order valence-corrected chi connectivity index (χ3v) is 12.9. The molecule has 262 valence electrons. The van der Waals surface area contributed by atoms with Crippen molar-refractivity contribution < 1.29 is 0 Å². The highest BCUT2D eigenvalue weighted by molar-refractivity contribution is 7.26. The van der Waals surface area contributed by atoms with Gasteiger partial charge >= 0.3 is 0 Å². The van der Waals surface area contributed by atoms with Gasteiger partial charge in [0.1, 0.15) is 0 Å². The van der Waals surface area contributed by atoms with Crippen LogP contribution in [0.2, 0.25) is 0 Å². The number of nitrogens with zero attached hydrogens (tertiary/aromatic N) is 3. The molecule has 0 saturated carbocycles. The first kappa shape index (κ1) is 32.6. The molecule has 3 nitrogen and oxygen atoms in total. The van der Waals surface area contributed by atoms with Crippen LogP contribution >= 0.6 is 22.7 Å². The van der Waals surface area contributed by atoms with E-state index in [0.29, 0.717) is 5.82 Å². The minimum absolute atomic E-state index is 0.694. The van der Waals surface area contributed by atoms with Crippen LogP contribution in [0, 0.1) is 0 Å². The van der Waals surface area contributed by atoms with E-state index in [4.69, 9.17) is 9.97 Å². The molecule has 7 aromatic carbocycles. The van der Waals surface area contributed by atoms with Gasteiger partial charge in [-0.3, -0.25) is 4.98 Å². The summed E-state index contributed by atoms with van der Waals surface area (Å²) in [4.78, 5) is 14.7. The Labute approximate surface area is 331 Å². The summed E-state index contributed by atoms with van der Waals surface area (Å²) in [6, 6.07) is 63.1. The first-order chi connectivity index (χ1) is 27.7. The van der Waals surface area contributed by atoms with E-state index in [9.17, 15) is 0 Å². The van der Waals surface area contributed by atoms with Gasteiger partial charge in [-0.25, -0.2) is 9.97 Å². The summed E-state index contributed by atoms with van der Waals surface area (Å²) in [5, 5.41) is 5.20. The fourth-order valence-electron chi connectivity index (χ4n) is 7.75. The van der Waals surface area contributed by atoms with E-state index in [-0.39, 0.29) is 0 Å². The lowest BCUT2D eigenvalue weighted by Crippen LogP contribution is -1.96. The lowest BCUT2D eigenvalue weighted by Gasteiger charge is -2.14. The zero-order valence-electron chi connectivity index (χ0n) is 30.1. The van der Waals surface area contributed by atoms with E-state index in [1.54, 1.807) is 6.20 Å². The zero-order chi connectivity index (χ0) is 37.0. The smallest absolute Gasteiger partial charge is 0.160 e. The number of benzene rings is 7. The summed E-state index contributed by atoms with van der Waals surface area (Å²) in [5.41, 5.74) is 11.6. The molecular weight excluding hydrogens is 719 g/mol. The van der Waals surface area contributed by atoms with Crippen LogP contribution in [-0.4, -0.2) is 15.0 Å². The van der Waals surface area contributed by atoms with Crippen molar-refractivity contribution in [1.82, 2.24) is 15.0 Å². The number of hydrogen-bond acceptors (Lipinski definition) is 5. The lowest BCUT2D eigenvalue weighted by molar-refractivity contribution is 1.18. The predicted octanol–water partition coefficient (Wildman–Crippen LogP) is 14.6. The number of thiophene rings is 2. The Morgan fingerprint density at radius 3 is 1.41 bits per heavy atom. The van der Waals surface area contributed by atoms with E-state index >= 15 is 0 Å². The Hall–Kier alpha value is -6.79. The van der Waals surface area contributed by atoms with Crippen molar-refractivity contribution in [1.29, 1.82) is 0 Å². The van der Waals surface area contributed by atoms with E-state index < -0.39 is 0 Å². The molecule has 0 radical (unpaired) electrons. The van der Waals surface area contributed by atoms with Gasteiger partial charge in [0.25, 0.3) is 0 Å². The topological polar surface area (TPSA) is 38.7 Å². The molecule has 0 amide bonds. The highest BCUT2D eigenvalue weighted by Gasteiger charge is 2.16. The second kappa shape index (κ2) is 13.5. The molecule has 0 aliphatic heterocycles. The molecule has 5 heteroatoms. The van der Waals surface area contributed by atoms with Crippen molar-refractivity contribution in [2.45, 2.75) is 0 Å². The number of pyridine rings is 1. The highest BCUT2D eigenvalue weighted by atomic mass is 32.1. The Morgan fingerprint density at radius 1 is 0.304 bits per heavy atom. The van der Waals surface area contributed by atoms with Crippen LogP contribution in [-0.2, 0) is 0 Å². The van der Waals surface area contributed by atoms with Gasteiger partial charge in [-0.15, -0.1) is 22.7 Å². The van der Waals surface area contributed by atoms with Gasteiger partial charge in [0.15, 0.2) is 5.82 Å². The first-order valence-electron chi connectivity index (χ1n) is 18.6. The molecule has 11 rings (SSSR count).